The molecule has 1 saturated heterocycles. The Bertz CT molecular complexity index is 433. The van der Waals surface area contributed by atoms with Crippen molar-refractivity contribution in [1.82, 2.24) is 0 Å². The van der Waals surface area contributed by atoms with Crippen molar-refractivity contribution in [2.75, 3.05) is 29.1 Å². The summed E-state index contributed by atoms with van der Waals surface area (Å²) in [4.78, 5) is 0. The fourth-order valence-corrected chi connectivity index (χ4v) is 3.37. The fraction of sp³-hybridized carbons (Fsp3) is 0.500. The van der Waals surface area contributed by atoms with E-state index in [1.807, 2.05) is 18.2 Å². The summed E-state index contributed by atoms with van der Waals surface area (Å²) in [6, 6.07) is 8.02. The summed E-state index contributed by atoms with van der Waals surface area (Å²) < 4.78 is 0. The van der Waals surface area contributed by atoms with Gasteiger partial charge in [0, 0.05) is 17.9 Å². The van der Waals surface area contributed by atoms with Crippen LogP contribution in [0.3, 0.4) is 0 Å². The summed E-state index contributed by atoms with van der Waals surface area (Å²) in [7, 11) is 0. The minimum absolute atomic E-state index is 0.376. The number of nitrogens with zero attached hydrogens (tertiary/aromatic N) is 1. The van der Waals surface area contributed by atoms with Crippen molar-refractivity contribution in [1.29, 1.82) is 5.26 Å². The van der Waals surface area contributed by atoms with E-state index in [2.05, 4.69) is 23.1 Å². The van der Waals surface area contributed by atoms with Crippen LogP contribution in [0.5, 0.6) is 0 Å². The second-order valence-electron chi connectivity index (χ2n) is 4.69. The van der Waals surface area contributed by atoms with Crippen molar-refractivity contribution in [2.45, 2.75) is 19.3 Å². The molecule has 4 heteroatoms. The van der Waals surface area contributed by atoms with Gasteiger partial charge in [-0.3, -0.25) is 0 Å². The molecular formula is C14H19N3S. The Morgan fingerprint density at radius 2 is 2.17 bits per heavy atom. The SMILES string of the molecule is N#CCc1cc(NCC2CCSCC2)ccc1N. The molecule has 0 radical (unpaired) electrons. The highest BCUT2D eigenvalue weighted by Gasteiger charge is 2.13. The van der Waals surface area contributed by atoms with E-state index >= 15 is 0 Å². The van der Waals surface area contributed by atoms with Crippen molar-refractivity contribution in [3.63, 3.8) is 0 Å². The van der Waals surface area contributed by atoms with E-state index in [0.29, 0.717) is 12.1 Å². The van der Waals surface area contributed by atoms with Gasteiger partial charge in [-0.2, -0.15) is 17.0 Å². The molecule has 18 heavy (non-hydrogen) atoms. The van der Waals surface area contributed by atoms with Crippen LogP contribution in [0.2, 0.25) is 0 Å². The normalized spacial score (nSPS) is 16.2. The third-order valence-electron chi connectivity index (χ3n) is 3.35. The first-order chi connectivity index (χ1) is 8.79. The van der Waals surface area contributed by atoms with Gasteiger partial charge in [0.2, 0.25) is 0 Å². The lowest BCUT2D eigenvalue weighted by atomic mass is 10.0. The molecule has 1 aromatic rings. The van der Waals surface area contributed by atoms with Gasteiger partial charge in [0.15, 0.2) is 0 Å². The van der Waals surface area contributed by atoms with E-state index in [4.69, 9.17) is 11.0 Å². The predicted molar refractivity (Wildman–Crippen MR) is 78.7 cm³/mol. The van der Waals surface area contributed by atoms with Crippen molar-refractivity contribution in [3.05, 3.63) is 23.8 Å². The standard InChI is InChI=1S/C14H19N3S/c15-6-3-12-9-13(1-2-14(12)16)17-10-11-4-7-18-8-5-11/h1-2,9,11,17H,3-5,7-8,10,16H2. The molecule has 3 nitrogen and oxygen atoms in total. The summed E-state index contributed by atoms with van der Waals surface area (Å²) >= 11 is 2.05. The molecule has 0 bridgehead atoms. The zero-order chi connectivity index (χ0) is 12.8. The van der Waals surface area contributed by atoms with Gasteiger partial charge >= 0.3 is 0 Å². The van der Waals surface area contributed by atoms with Crippen LogP contribution < -0.4 is 11.1 Å². The Labute approximate surface area is 113 Å². The van der Waals surface area contributed by atoms with Crippen molar-refractivity contribution < 1.29 is 0 Å². The molecule has 1 aromatic carbocycles. The zero-order valence-electron chi connectivity index (χ0n) is 10.5. The average Bonchev–Trinajstić information content (AvgIpc) is 2.41. The van der Waals surface area contributed by atoms with Crippen LogP contribution in [-0.4, -0.2) is 18.1 Å². The molecule has 1 fully saturated rings. The summed E-state index contributed by atoms with van der Waals surface area (Å²) in [5, 5.41) is 12.2. The highest BCUT2D eigenvalue weighted by atomic mass is 32.2. The van der Waals surface area contributed by atoms with Crippen molar-refractivity contribution in [3.8, 4) is 6.07 Å². The van der Waals surface area contributed by atoms with E-state index in [-0.39, 0.29) is 0 Å². The number of nitriles is 1. The third kappa shape index (κ3) is 3.58. The van der Waals surface area contributed by atoms with Gasteiger partial charge in [0.1, 0.15) is 0 Å². The Hall–Kier alpha value is -1.34. The quantitative estimate of drug-likeness (QED) is 0.818. The molecule has 0 aromatic heterocycles. The third-order valence-corrected chi connectivity index (χ3v) is 4.40. The average molecular weight is 261 g/mol. The highest BCUT2D eigenvalue weighted by molar-refractivity contribution is 7.99. The number of hydrogen-bond acceptors (Lipinski definition) is 4. The van der Waals surface area contributed by atoms with Gasteiger partial charge in [-0.25, -0.2) is 0 Å². The number of benzene rings is 1. The fourth-order valence-electron chi connectivity index (χ4n) is 2.17. The Morgan fingerprint density at radius 1 is 1.39 bits per heavy atom. The van der Waals surface area contributed by atoms with E-state index in [1.54, 1.807) is 0 Å². The van der Waals surface area contributed by atoms with Crippen molar-refractivity contribution in [2.24, 2.45) is 5.92 Å². The van der Waals surface area contributed by atoms with Gasteiger partial charge in [0.05, 0.1) is 12.5 Å². The molecule has 0 unspecified atom stereocenters. The minimum Gasteiger partial charge on any atom is -0.398 e. The Kier molecular flexibility index (Phi) is 4.77. The lowest BCUT2D eigenvalue weighted by Gasteiger charge is -2.22. The molecule has 1 aliphatic rings. The van der Waals surface area contributed by atoms with E-state index in [1.165, 1.54) is 24.3 Å². The summed E-state index contributed by atoms with van der Waals surface area (Å²) in [6.07, 6.45) is 2.98. The molecule has 1 heterocycles. The molecule has 96 valence electrons. The molecule has 0 atom stereocenters. The molecule has 0 aliphatic carbocycles. The number of thioether (sulfide) groups is 1. The van der Waals surface area contributed by atoms with Crippen LogP contribution in [0, 0.1) is 17.2 Å². The molecule has 3 N–H and O–H groups in total. The van der Waals surface area contributed by atoms with Crippen LogP contribution in [-0.2, 0) is 6.42 Å². The van der Waals surface area contributed by atoms with Crippen LogP contribution in [0.15, 0.2) is 18.2 Å². The maximum atomic E-state index is 8.74. The summed E-state index contributed by atoms with van der Waals surface area (Å²) in [5.74, 6) is 3.35. The topological polar surface area (TPSA) is 61.8 Å². The molecule has 0 saturated carbocycles. The van der Waals surface area contributed by atoms with Gasteiger partial charge in [-0.15, -0.1) is 0 Å². The molecule has 1 aliphatic heterocycles. The van der Waals surface area contributed by atoms with E-state index < -0.39 is 0 Å². The zero-order valence-corrected chi connectivity index (χ0v) is 11.3. The second kappa shape index (κ2) is 6.55. The number of anilines is 2. The lowest BCUT2D eigenvalue weighted by molar-refractivity contribution is 0.516. The first kappa shape index (κ1) is 13.1. The van der Waals surface area contributed by atoms with Gasteiger partial charge in [0.25, 0.3) is 0 Å². The first-order valence-electron chi connectivity index (χ1n) is 6.36. The number of rotatable bonds is 4. The summed E-state index contributed by atoms with van der Waals surface area (Å²) in [6.45, 7) is 1.02. The first-order valence-corrected chi connectivity index (χ1v) is 7.52. The monoisotopic (exact) mass is 261 g/mol. The smallest absolute Gasteiger partial charge is 0.0670 e. The number of hydrogen-bond donors (Lipinski definition) is 2. The summed E-state index contributed by atoms with van der Waals surface area (Å²) in [5.41, 5.74) is 8.53. The minimum atomic E-state index is 0.376. The lowest BCUT2D eigenvalue weighted by Crippen LogP contribution is -2.19. The molecule has 0 spiro atoms. The van der Waals surface area contributed by atoms with Crippen LogP contribution in [0.4, 0.5) is 11.4 Å². The maximum absolute atomic E-state index is 8.74. The highest BCUT2D eigenvalue weighted by Crippen LogP contribution is 2.24. The second-order valence-corrected chi connectivity index (χ2v) is 5.91. The van der Waals surface area contributed by atoms with Crippen molar-refractivity contribution >= 4 is 23.1 Å². The molecule has 2 rings (SSSR count). The number of nitrogen functional groups attached to an aromatic ring is 1. The van der Waals surface area contributed by atoms with E-state index in [9.17, 15) is 0 Å². The van der Waals surface area contributed by atoms with Crippen LogP contribution in [0.25, 0.3) is 0 Å². The number of nitrogens with one attached hydrogen (secondary N) is 1. The predicted octanol–water partition coefficient (Wildman–Crippen LogP) is 2.89. The van der Waals surface area contributed by atoms with Crippen LogP contribution >= 0.6 is 11.8 Å². The number of nitrogens with two attached hydrogens (primary N) is 1. The molecular weight excluding hydrogens is 242 g/mol. The van der Waals surface area contributed by atoms with Gasteiger partial charge < -0.3 is 11.1 Å². The molecule has 0 amide bonds. The maximum Gasteiger partial charge on any atom is 0.0670 e. The van der Waals surface area contributed by atoms with E-state index in [0.717, 1.165) is 23.7 Å². The van der Waals surface area contributed by atoms with Gasteiger partial charge in [-0.05, 0) is 54.0 Å². The van der Waals surface area contributed by atoms with Crippen LogP contribution in [0.1, 0.15) is 18.4 Å². The largest absolute Gasteiger partial charge is 0.398 e. The Balaban J connectivity index is 1.92. The van der Waals surface area contributed by atoms with Gasteiger partial charge in [-0.1, -0.05) is 0 Å². The Morgan fingerprint density at radius 3 is 2.89 bits per heavy atom.